The van der Waals surface area contributed by atoms with Crippen molar-refractivity contribution in [2.75, 3.05) is 30.7 Å². The summed E-state index contributed by atoms with van der Waals surface area (Å²) in [7, 11) is 0. The molecular weight excluding hydrogens is 282 g/mol. The van der Waals surface area contributed by atoms with Crippen LogP contribution in [0.1, 0.15) is 19.8 Å². The van der Waals surface area contributed by atoms with E-state index in [9.17, 15) is 0 Å². The number of anilines is 2. The van der Waals surface area contributed by atoms with Crippen molar-refractivity contribution in [1.82, 2.24) is 14.9 Å². The minimum Gasteiger partial charge on any atom is -0.383 e. The summed E-state index contributed by atoms with van der Waals surface area (Å²) in [6, 6.07) is 2.19. The molecule has 0 aliphatic carbocycles. The summed E-state index contributed by atoms with van der Waals surface area (Å²) in [4.78, 5) is 10.8. The molecule has 6 heteroatoms. The molecule has 1 atom stereocenters. The van der Waals surface area contributed by atoms with Crippen LogP contribution in [-0.2, 0) is 0 Å². The Hall–Kier alpha value is -0.880. The molecule has 1 saturated heterocycles. The lowest BCUT2D eigenvalue weighted by Crippen LogP contribution is -2.35. The van der Waals surface area contributed by atoms with Gasteiger partial charge in [-0.05, 0) is 48.8 Å². The van der Waals surface area contributed by atoms with Crippen LogP contribution < -0.4 is 11.1 Å². The van der Waals surface area contributed by atoms with Crippen LogP contribution in [0.15, 0.2) is 10.7 Å². The number of hydrogen-bond donors (Lipinski definition) is 2. The number of nitrogens with two attached hydrogens (primary N) is 1. The largest absolute Gasteiger partial charge is 0.383 e. The van der Waals surface area contributed by atoms with Crippen molar-refractivity contribution >= 4 is 27.7 Å². The van der Waals surface area contributed by atoms with E-state index in [4.69, 9.17) is 5.73 Å². The van der Waals surface area contributed by atoms with Crippen LogP contribution in [0.5, 0.6) is 0 Å². The van der Waals surface area contributed by atoms with Crippen LogP contribution in [-0.4, -0.2) is 40.5 Å². The molecule has 2 heterocycles. The van der Waals surface area contributed by atoms with Gasteiger partial charge in [-0.3, -0.25) is 4.90 Å². The first-order chi connectivity index (χ1) is 8.15. The van der Waals surface area contributed by atoms with Gasteiger partial charge in [0.05, 0.1) is 0 Å². The maximum atomic E-state index is 5.66. The molecule has 17 heavy (non-hydrogen) atoms. The molecule has 0 radical (unpaired) electrons. The standard InChI is InChI=1S/C11H18BrN5/c1-8(17-4-2-3-5-17)7-14-11-15-9(12)6-10(13)16-11/h6,8H,2-5,7H2,1H3,(H3,13,14,15,16). The van der Waals surface area contributed by atoms with Crippen molar-refractivity contribution in [2.45, 2.75) is 25.8 Å². The van der Waals surface area contributed by atoms with E-state index in [0.717, 1.165) is 6.54 Å². The van der Waals surface area contributed by atoms with Gasteiger partial charge in [0.25, 0.3) is 0 Å². The molecule has 1 fully saturated rings. The van der Waals surface area contributed by atoms with Crippen molar-refractivity contribution in [3.05, 3.63) is 10.7 Å². The number of likely N-dealkylation sites (tertiary alicyclic amines) is 1. The lowest BCUT2D eigenvalue weighted by molar-refractivity contribution is 0.269. The third kappa shape index (κ3) is 3.54. The molecule has 1 aromatic rings. The summed E-state index contributed by atoms with van der Waals surface area (Å²) in [6.45, 7) is 5.46. The predicted molar refractivity (Wildman–Crippen MR) is 72.9 cm³/mol. The van der Waals surface area contributed by atoms with Gasteiger partial charge in [0, 0.05) is 18.7 Å². The Morgan fingerprint density at radius 3 is 2.82 bits per heavy atom. The SMILES string of the molecule is CC(CNc1nc(N)cc(Br)n1)N1CCCC1. The first-order valence-corrected chi connectivity index (χ1v) is 6.72. The second-order valence-corrected chi connectivity index (χ2v) is 5.22. The van der Waals surface area contributed by atoms with E-state index in [0.29, 0.717) is 22.4 Å². The number of halogens is 1. The van der Waals surface area contributed by atoms with Crippen molar-refractivity contribution in [1.29, 1.82) is 0 Å². The highest BCUT2D eigenvalue weighted by Gasteiger charge is 2.17. The summed E-state index contributed by atoms with van der Waals surface area (Å²) in [5.74, 6) is 1.06. The molecule has 0 aromatic carbocycles. The van der Waals surface area contributed by atoms with E-state index in [1.54, 1.807) is 6.07 Å². The maximum absolute atomic E-state index is 5.66. The number of nitrogens with zero attached hydrogens (tertiary/aromatic N) is 3. The molecule has 3 N–H and O–H groups in total. The average Bonchev–Trinajstić information content (AvgIpc) is 2.78. The first-order valence-electron chi connectivity index (χ1n) is 5.93. The van der Waals surface area contributed by atoms with E-state index >= 15 is 0 Å². The molecule has 2 rings (SSSR count). The zero-order valence-electron chi connectivity index (χ0n) is 9.99. The van der Waals surface area contributed by atoms with Gasteiger partial charge >= 0.3 is 0 Å². The van der Waals surface area contributed by atoms with Crippen LogP contribution in [0.3, 0.4) is 0 Å². The molecule has 0 saturated carbocycles. The Balaban J connectivity index is 1.88. The Morgan fingerprint density at radius 2 is 2.18 bits per heavy atom. The minimum absolute atomic E-state index is 0.475. The topological polar surface area (TPSA) is 67.1 Å². The lowest BCUT2D eigenvalue weighted by atomic mass is 10.3. The molecule has 1 aromatic heterocycles. The zero-order chi connectivity index (χ0) is 12.3. The fourth-order valence-electron chi connectivity index (χ4n) is 2.06. The van der Waals surface area contributed by atoms with Crippen molar-refractivity contribution in [3.63, 3.8) is 0 Å². The minimum atomic E-state index is 0.475. The molecule has 94 valence electrons. The molecule has 1 aliphatic rings. The van der Waals surface area contributed by atoms with E-state index in [1.165, 1.54) is 25.9 Å². The maximum Gasteiger partial charge on any atom is 0.225 e. The normalized spacial score (nSPS) is 18.2. The number of aromatic nitrogens is 2. The quantitative estimate of drug-likeness (QED) is 0.829. The Morgan fingerprint density at radius 1 is 1.47 bits per heavy atom. The molecule has 0 spiro atoms. The molecule has 0 amide bonds. The van der Waals surface area contributed by atoms with Gasteiger partial charge in [-0.15, -0.1) is 0 Å². The second-order valence-electron chi connectivity index (χ2n) is 4.41. The summed E-state index contributed by atoms with van der Waals surface area (Å²) < 4.78 is 0.710. The van der Waals surface area contributed by atoms with Crippen molar-refractivity contribution < 1.29 is 0 Å². The van der Waals surface area contributed by atoms with Gasteiger partial charge in [-0.25, -0.2) is 4.98 Å². The van der Waals surface area contributed by atoms with E-state index in [2.05, 4.69) is 43.0 Å². The molecule has 1 unspecified atom stereocenters. The zero-order valence-corrected chi connectivity index (χ0v) is 11.6. The van der Waals surface area contributed by atoms with E-state index in [-0.39, 0.29) is 0 Å². The number of hydrogen-bond acceptors (Lipinski definition) is 5. The third-order valence-electron chi connectivity index (χ3n) is 3.03. The summed E-state index contributed by atoms with van der Waals surface area (Å²) in [5.41, 5.74) is 5.66. The fourth-order valence-corrected chi connectivity index (χ4v) is 2.47. The smallest absolute Gasteiger partial charge is 0.225 e. The first kappa shape index (κ1) is 12.6. The summed E-state index contributed by atoms with van der Waals surface area (Å²) >= 11 is 3.30. The van der Waals surface area contributed by atoms with Crippen LogP contribution in [0.25, 0.3) is 0 Å². The van der Waals surface area contributed by atoms with Crippen LogP contribution in [0.2, 0.25) is 0 Å². The van der Waals surface area contributed by atoms with E-state index < -0.39 is 0 Å². The Bertz CT molecular complexity index is 358. The van der Waals surface area contributed by atoms with Gasteiger partial charge in [0.1, 0.15) is 10.4 Å². The fraction of sp³-hybridized carbons (Fsp3) is 0.636. The van der Waals surface area contributed by atoms with Crippen LogP contribution in [0.4, 0.5) is 11.8 Å². The molecule has 1 aliphatic heterocycles. The summed E-state index contributed by atoms with van der Waals surface area (Å²) in [5, 5.41) is 3.23. The van der Waals surface area contributed by atoms with Gasteiger partial charge in [0.15, 0.2) is 0 Å². The number of nitrogens with one attached hydrogen (secondary N) is 1. The highest BCUT2D eigenvalue weighted by Crippen LogP contribution is 2.14. The average molecular weight is 300 g/mol. The van der Waals surface area contributed by atoms with Crippen molar-refractivity contribution in [3.8, 4) is 0 Å². The lowest BCUT2D eigenvalue weighted by Gasteiger charge is -2.23. The van der Waals surface area contributed by atoms with Crippen molar-refractivity contribution in [2.24, 2.45) is 0 Å². The third-order valence-corrected chi connectivity index (χ3v) is 3.44. The summed E-state index contributed by atoms with van der Waals surface area (Å²) in [6.07, 6.45) is 2.62. The molecule has 0 bridgehead atoms. The van der Waals surface area contributed by atoms with Gasteiger partial charge < -0.3 is 11.1 Å². The van der Waals surface area contributed by atoms with Crippen LogP contribution >= 0.6 is 15.9 Å². The highest BCUT2D eigenvalue weighted by molar-refractivity contribution is 9.10. The predicted octanol–water partition coefficient (Wildman–Crippen LogP) is 1.72. The van der Waals surface area contributed by atoms with Gasteiger partial charge in [-0.1, -0.05) is 0 Å². The number of nitrogen functional groups attached to an aromatic ring is 1. The van der Waals surface area contributed by atoms with Crippen LogP contribution in [0, 0.1) is 0 Å². The second kappa shape index (κ2) is 5.64. The van der Waals surface area contributed by atoms with Gasteiger partial charge in [-0.2, -0.15) is 4.98 Å². The molecular formula is C11H18BrN5. The monoisotopic (exact) mass is 299 g/mol. The number of rotatable bonds is 4. The Labute approximate surface area is 110 Å². The highest BCUT2D eigenvalue weighted by atomic mass is 79.9. The van der Waals surface area contributed by atoms with Gasteiger partial charge in [0.2, 0.25) is 5.95 Å². The molecule has 5 nitrogen and oxygen atoms in total. The Kier molecular flexibility index (Phi) is 4.17. The van der Waals surface area contributed by atoms with E-state index in [1.807, 2.05) is 0 Å².